The first-order valence-corrected chi connectivity index (χ1v) is 5.66. The fraction of sp³-hybridized carbons (Fsp3) is 0.231. The van der Waals surface area contributed by atoms with Crippen molar-refractivity contribution in [1.82, 2.24) is 5.32 Å². The molecule has 0 bridgehead atoms. The summed E-state index contributed by atoms with van der Waals surface area (Å²) in [5, 5.41) is 2.57. The van der Waals surface area contributed by atoms with Crippen LogP contribution in [-0.4, -0.2) is 25.2 Å². The minimum atomic E-state index is -0.862. The molecule has 3 N–H and O–H groups in total. The molecule has 0 aliphatic heterocycles. The highest BCUT2D eigenvalue weighted by molar-refractivity contribution is 6.13. The number of methoxy groups -OCH3 is 1. The van der Waals surface area contributed by atoms with Gasteiger partial charge in [-0.25, -0.2) is 14.5 Å². The summed E-state index contributed by atoms with van der Waals surface area (Å²) in [7, 11) is 1.53. The number of urea groups is 2. The van der Waals surface area contributed by atoms with E-state index in [0.29, 0.717) is 11.4 Å². The van der Waals surface area contributed by atoms with Gasteiger partial charge < -0.3 is 15.8 Å². The Morgan fingerprint density at radius 2 is 2.00 bits per heavy atom. The molecule has 6 nitrogen and oxygen atoms in total. The number of anilines is 1. The molecule has 0 fully saturated rings. The molecule has 0 aliphatic rings. The molecule has 4 amide bonds. The van der Waals surface area contributed by atoms with Gasteiger partial charge in [0.25, 0.3) is 0 Å². The lowest BCUT2D eigenvalue weighted by Gasteiger charge is -2.21. The zero-order valence-corrected chi connectivity index (χ0v) is 10.9. The lowest BCUT2D eigenvalue weighted by atomic mass is 10.3. The van der Waals surface area contributed by atoms with E-state index < -0.39 is 12.1 Å². The zero-order valence-electron chi connectivity index (χ0n) is 10.9. The molecule has 0 saturated heterocycles. The number of ether oxygens (including phenoxy) is 1. The van der Waals surface area contributed by atoms with Crippen molar-refractivity contribution in [3.8, 4) is 5.75 Å². The van der Waals surface area contributed by atoms with Crippen LogP contribution in [0.25, 0.3) is 0 Å². The third kappa shape index (κ3) is 3.74. The lowest BCUT2D eigenvalue weighted by Crippen LogP contribution is -2.48. The van der Waals surface area contributed by atoms with Crippen LogP contribution in [-0.2, 0) is 0 Å². The topological polar surface area (TPSA) is 84.7 Å². The molecule has 0 radical (unpaired) electrons. The van der Waals surface area contributed by atoms with Crippen LogP contribution >= 0.6 is 0 Å². The normalized spacial score (nSPS) is 11.3. The number of hydrogen-bond donors (Lipinski definition) is 2. The maximum atomic E-state index is 11.9. The van der Waals surface area contributed by atoms with Gasteiger partial charge in [-0.3, -0.25) is 0 Å². The van der Waals surface area contributed by atoms with Crippen molar-refractivity contribution < 1.29 is 14.3 Å². The summed E-state index contributed by atoms with van der Waals surface area (Å²) in [6, 6.07) is 4.67. The van der Waals surface area contributed by atoms with Crippen molar-refractivity contribution in [3.63, 3.8) is 0 Å². The Morgan fingerprint density at radius 3 is 2.42 bits per heavy atom. The van der Waals surface area contributed by atoms with Gasteiger partial charge in [-0.2, -0.15) is 0 Å². The van der Waals surface area contributed by atoms with Gasteiger partial charge in [0.15, 0.2) is 0 Å². The number of rotatable bonds is 4. The number of nitrogens with zero attached hydrogens (tertiary/aromatic N) is 1. The summed E-state index contributed by atoms with van der Waals surface area (Å²) in [4.78, 5) is 24.2. The number of amides is 4. The van der Waals surface area contributed by atoms with Crippen LogP contribution in [0.15, 0.2) is 36.9 Å². The lowest BCUT2D eigenvalue weighted by molar-refractivity contribution is 0.237. The van der Waals surface area contributed by atoms with E-state index in [1.807, 2.05) is 0 Å². The van der Waals surface area contributed by atoms with Gasteiger partial charge in [0, 0.05) is 6.04 Å². The number of nitrogens with one attached hydrogen (secondary N) is 1. The van der Waals surface area contributed by atoms with Crippen molar-refractivity contribution in [2.75, 3.05) is 12.0 Å². The molecular weight excluding hydrogens is 246 g/mol. The summed E-state index contributed by atoms with van der Waals surface area (Å²) < 4.78 is 5.00. The molecule has 0 aliphatic carbocycles. The SMILES string of the molecule is C=CC(C)NC(=O)N(C(N)=O)c1ccc(OC)cc1. The van der Waals surface area contributed by atoms with E-state index >= 15 is 0 Å². The van der Waals surface area contributed by atoms with Gasteiger partial charge in [-0.15, -0.1) is 6.58 Å². The second-order valence-corrected chi connectivity index (χ2v) is 3.85. The largest absolute Gasteiger partial charge is 0.497 e. The molecule has 1 atom stereocenters. The second-order valence-electron chi connectivity index (χ2n) is 3.85. The number of hydrogen-bond acceptors (Lipinski definition) is 3. The fourth-order valence-electron chi connectivity index (χ4n) is 1.39. The van der Waals surface area contributed by atoms with Crippen molar-refractivity contribution in [2.45, 2.75) is 13.0 Å². The van der Waals surface area contributed by atoms with E-state index in [9.17, 15) is 9.59 Å². The Hall–Kier alpha value is -2.50. The van der Waals surface area contributed by atoms with Crippen LogP contribution in [0.1, 0.15) is 6.92 Å². The van der Waals surface area contributed by atoms with Gasteiger partial charge >= 0.3 is 12.1 Å². The van der Waals surface area contributed by atoms with Gasteiger partial charge in [0.05, 0.1) is 12.8 Å². The zero-order chi connectivity index (χ0) is 14.4. The highest BCUT2D eigenvalue weighted by Gasteiger charge is 2.21. The highest BCUT2D eigenvalue weighted by Crippen LogP contribution is 2.19. The molecule has 0 heterocycles. The van der Waals surface area contributed by atoms with Crippen LogP contribution in [0.5, 0.6) is 5.75 Å². The fourth-order valence-corrected chi connectivity index (χ4v) is 1.39. The van der Waals surface area contributed by atoms with Crippen LogP contribution in [0.3, 0.4) is 0 Å². The first kappa shape index (κ1) is 14.6. The predicted octanol–water partition coefficient (Wildman–Crippen LogP) is 1.86. The van der Waals surface area contributed by atoms with Crippen LogP contribution in [0.4, 0.5) is 15.3 Å². The Balaban J connectivity index is 2.96. The number of benzene rings is 1. The van der Waals surface area contributed by atoms with E-state index in [1.165, 1.54) is 7.11 Å². The van der Waals surface area contributed by atoms with Crippen molar-refractivity contribution >= 4 is 17.7 Å². The van der Waals surface area contributed by atoms with Crippen LogP contribution < -0.4 is 20.7 Å². The number of primary amides is 1. The quantitative estimate of drug-likeness (QED) is 0.813. The second kappa shape index (κ2) is 6.44. The average Bonchev–Trinajstić information content (AvgIpc) is 2.39. The van der Waals surface area contributed by atoms with Gasteiger partial charge in [0.1, 0.15) is 5.75 Å². The minimum Gasteiger partial charge on any atom is -0.497 e. The number of nitrogens with two attached hydrogens (primary N) is 1. The first-order chi connectivity index (χ1) is 8.99. The van der Waals surface area contributed by atoms with Crippen molar-refractivity contribution in [2.24, 2.45) is 5.73 Å². The third-order valence-corrected chi connectivity index (χ3v) is 2.46. The molecule has 0 aromatic heterocycles. The molecule has 0 spiro atoms. The van der Waals surface area contributed by atoms with Gasteiger partial charge in [-0.1, -0.05) is 6.08 Å². The van der Waals surface area contributed by atoms with E-state index in [-0.39, 0.29) is 6.04 Å². The van der Waals surface area contributed by atoms with E-state index in [0.717, 1.165) is 4.90 Å². The molecule has 1 unspecified atom stereocenters. The number of imide groups is 1. The average molecular weight is 263 g/mol. The summed E-state index contributed by atoms with van der Waals surface area (Å²) >= 11 is 0. The molecule has 102 valence electrons. The molecule has 19 heavy (non-hydrogen) atoms. The maximum Gasteiger partial charge on any atom is 0.330 e. The Morgan fingerprint density at radius 1 is 1.42 bits per heavy atom. The molecule has 6 heteroatoms. The highest BCUT2D eigenvalue weighted by atomic mass is 16.5. The molecule has 1 aromatic rings. The standard InChI is InChI=1S/C13H17N3O3/c1-4-9(2)15-13(18)16(12(14)17)10-5-7-11(19-3)8-6-10/h4-9H,1H2,2-3H3,(H2,14,17)(H,15,18). The summed E-state index contributed by atoms with van der Waals surface area (Å²) in [5.41, 5.74) is 5.59. The summed E-state index contributed by atoms with van der Waals surface area (Å²) in [5.74, 6) is 0.619. The molecule has 0 saturated carbocycles. The van der Waals surface area contributed by atoms with E-state index in [4.69, 9.17) is 10.5 Å². The summed E-state index contributed by atoms with van der Waals surface area (Å²) in [6.07, 6.45) is 1.55. The van der Waals surface area contributed by atoms with Gasteiger partial charge in [0.2, 0.25) is 0 Å². The maximum absolute atomic E-state index is 11.9. The molecule has 1 aromatic carbocycles. The van der Waals surface area contributed by atoms with E-state index in [2.05, 4.69) is 11.9 Å². The van der Waals surface area contributed by atoms with Crippen LogP contribution in [0, 0.1) is 0 Å². The van der Waals surface area contributed by atoms with Crippen molar-refractivity contribution in [3.05, 3.63) is 36.9 Å². The summed E-state index contributed by atoms with van der Waals surface area (Å²) in [6.45, 7) is 5.28. The first-order valence-electron chi connectivity index (χ1n) is 5.66. The van der Waals surface area contributed by atoms with Gasteiger partial charge in [-0.05, 0) is 31.2 Å². The number of carbonyl (C=O) groups excluding carboxylic acids is 2. The Labute approximate surface area is 111 Å². The van der Waals surface area contributed by atoms with Crippen LogP contribution in [0.2, 0.25) is 0 Å². The number of carbonyl (C=O) groups is 2. The minimum absolute atomic E-state index is 0.271. The van der Waals surface area contributed by atoms with Crippen molar-refractivity contribution in [1.29, 1.82) is 0 Å². The Kier molecular flexibility index (Phi) is 4.93. The predicted molar refractivity (Wildman–Crippen MR) is 73.2 cm³/mol. The third-order valence-electron chi connectivity index (χ3n) is 2.46. The van der Waals surface area contributed by atoms with E-state index in [1.54, 1.807) is 37.3 Å². The monoisotopic (exact) mass is 263 g/mol. The molecule has 1 rings (SSSR count). The smallest absolute Gasteiger partial charge is 0.330 e. The Bertz CT molecular complexity index is 471. The molecular formula is C13H17N3O3.